The molecule has 0 unspecified atom stereocenters. The minimum atomic E-state index is 0.497. The van der Waals surface area contributed by atoms with E-state index < -0.39 is 0 Å². The quantitative estimate of drug-likeness (QED) is 0.883. The summed E-state index contributed by atoms with van der Waals surface area (Å²) in [7, 11) is 0. The minimum Gasteiger partial charge on any atom is -0.399 e. The van der Waals surface area contributed by atoms with Gasteiger partial charge in [-0.05, 0) is 24.5 Å². The summed E-state index contributed by atoms with van der Waals surface area (Å²) in [5, 5.41) is 3.88. The maximum atomic E-state index is 5.74. The number of nitrogen functional groups attached to an aromatic ring is 1. The fourth-order valence-electron chi connectivity index (χ4n) is 1.29. The van der Waals surface area contributed by atoms with Crippen LogP contribution < -0.4 is 5.73 Å². The molecule has 2 aromatic rings. The second-order valence-electron chi connectivity index (χ2n) is 3.22. The van der Waals surface area contributed by atoms with E-state index in [-0.39, 0.29) is 0 Å². The maximum Gasteiger partial charge on any atom is 0.258 e. The number of thioether (sulfide) groups is 1. The summed E-state index contributed by atoms with van der Waals surface area (Å²) in [5.74, 6) is 1.94. The number of nitrogens with zero attached hydrogens (tertiary/aromatic N) is 2. The predicted molar refractivity (Wildman–Crippen MR) is 69.1 cm³/mol. The lowest BCUT2D eigenvalue weighted by Crippen LogP contribution is -1.87. The van der Waals surface area contributed by atoms with E-state index in [0.29, 0.717) is 17.4 Å². The SMILES string of the molecule is CSCc1noc(-c2cc(N)cc(Br)c2)n1. The van der Waals surface area contributed by atoms with E-state index in [1.165, 1.54) is 0 Å². The highest BCUT2D eigenvalue weighted by Crippen LogP contribution is 2.25. The largest absolute Gasteiger partial charge is 0.399 e. The summed E-state index contributed by atoms with van der Waals surface area (Å²) < 4.78 is 6.06. The minimum absolute atomic E-state index is 0.497. The van der Waals surface area contributed by atoms with E-state index in [0.717, 1.165) is 15.8 Å². The fraction of sp³-hybridized carbons (Fsp3) is 0.200. The van der Waals surface area contributed by atoms with Gasteiger partial charge in [0, 0.05) is 15.7 Å². The number of hydrogen-bond acceptors (Lipinski definition) is 5. The van der Waals surface area contributed by atoms with Crippen LogP contribution in [0.5, 0.6) is 0 Å². The summed E-state index contributed by atoms with van der Waals surface area (Å²) in [6.07, 6.45) is 1.99. The average Bonchev–Trinajstić information content (AvgIpc) is 2.65. The van der Waals surface area contributed by atoms with Gasteiger partial charge in [0.05, 0.1) is 5.75 Å². The molecule has 0 amide bonds. The second-order valence-corrected chi connectivity index (χ2v) is 5.00. The molecule has 1 heterocycles. The Hall–Kier alpha value is -1.01. The molecule has 0 aliphatic carbocycles. The van der Waals surface area contributed by atoms with Gasteiger partial charge >= 0.3 is 0 Å². The third kappa shape index (κ3) is 2.56. The van der Waals surface area contributed by atoms with Gasteiger partial charge in [-0.15, -0.1) is 0 Å². The van der Waals surface area contributed by atoms with Crippen molar-refractivity contribution >= 4 is 33.4 Å². The van der Waals surface area contributed by atoms with Gasteiger partial charge < -0.3 is 10.3 Å². The van der Waals surface area contributed by atoms with Crippen molar-refractivity contribution in [2.75, 3.05) is 12.0 Å². The number of nitrogens with two attached hydrogens (primary N) is 1. The van der Waals surface area contributed by atoms with E-state index in [1.807, 2.05) is 18.4 Å². The van der Waals surface area contributed by atoms with Crippen molar-refractivity contribution in [1.29, 1.82) is 0 Å². The molecule has 0 saturated heterocycles. The highest BCUT2D eigenvalue weighted by Gasteiger charge is 2.09. The van der Waals surface area contributed by atoms with Gasteiger partial charge in [-0.3, -0.25) is 0 Å². The number of rotatable bonds is 3. The molecule has 84 valence electrons. The van der Waals surface area contributed by atoms with E-state index in [1.54, 1.807) is 17.8 Å². The van der Waals surface area contributed by atoms with Crippen molar-refractivity contribution in [2.45, 2.75) is 5.75 Å². The molecule has 0 atom stereocenters. The highest BCUT2D eigenvalue weighted by molar-refractivity contribution is 9.10. The fourth-order valence-corrected chi connectivity index (χ4v) is 2.18. The maximum absolute atomic E-state index is 5.74. The van der Waals surface area contributed by atoms with Gasteiger partial charge in [0.25, 0.3) is 5.89 Å². The van der Waals surface area contributed by atoms with Crippen LogP contribution in [-0.2, 0) is 5.75 Å². The van der Waals surface area contributed by atoms with Crippen LogP contribution in [0.25, 0.3) is 11.5 Å². The van der Waals surface area contributed by atoms with Crippen molar-refractivity contribution in [1.82, 2.24) is 10.1 Å². The molecular weight excluding hydrogens is 290 g/mol. The molecular formula is C10H10BrN3OS. The summed E-state index contributed by atoms with van der Waals surface area (Å²) in [6, 6.07) is 5.52. The molecule has 4 nitrogen and oxygen atoms in total. The smallest absolute Gasteiger partial charge is 0.258 e. The molecule has 0 aliphatic rings. The number of benzene rings is 1. The lowest BCUT2D eigenvalue weighted by molar-refractivity contribution is 0.425. The summed E-state index contributed by atoms with van der Waals surface area (Å²) >= 11 is 5.02. The van der Waals surface area contributed by atoms with Crippen LogP contribution >= 0.6 is 27.7 Å². The monoisotopic (exact) mass is 299 g/mol. The molecule has 0 bridgehead atoms. The topological polar surface area (TPSA) is 64.9 Å². The summed E-state index contributed by atoms with van der Waals surface area (Å²) in [5.41, 5.74) is 7.23. The molecule has 0 radical (unpaired) electrons. The lowest BCUT2D eigenvalue weighted by Gasteiger charge is -1.98. The van der Waals surface area contributed by atoms with Crippen molar-refractivity contribution in [2.24, 2.45) is 0 Å². The van der Waals surface area contributed by atoms with Crippen molar-refractivity contribution in [3.8, 4) is 11.5 Å². The number of anilines is 1. The van der Waals surface area contributed by atoms with Crippen molar-refractivity contribution in [3.05, 3.63) is 28.5 Å². The standard InChI is InChI=1S/C10H10BrN3OS/c1-16-5-9-13-10(15-14-9)6-2-7(11)4-8(12)3-6/h2-4H,5,12H2,1H3. The zero-order valence-electron chi connectivity index (χ0n) is 8.61. The van der Waals surface area contributed by atoms with Gasteiger partial charge in [0.2, 0.25) is 0 Å². The molecule has 6 heteroatoms. The van der Waals surface area contributed by atoms with Gasteiger partial charge in [-0.25, -0.2) is 0 Å². The van der Waals surface area contributed by atoms with Gasteiger partial charge in [-0.1, -0.05) is 21.1 Å². The molecule has 0 spiro atoms. The molecule has 2 rings (SSSR count). The Kier molecular flexibility index (Phi) is 3.50. The van der Waals surface area contributed by atoms with Crippen molar-refractivity contribution in [3.63, 3.8) is 0 Å². The first kappa shape index (κ1) is 11.5. The lowest BCUT2D eigenvalue weighted by atomic mass is 10.2. The number of halogens is 1. The number of hydrogen-bond donors (Lipinski definition) is 1. The Morgan fingerprint density at radius 2 is 2.25 bits per heavy atom. The Balaban J connectivity index is 2.34. The summed E-state index contributed by atoms with van der Waals surface area (Å²) in [4.78, 5) is 4.28. The zero-order chi connectivity index (χ0) is 11.5. The molecule has 1 aromatic carbocycles. The Morgan fingerprint density at radius 1 is 1.44 bits per heavy atom. The molecule has 1 aromatic heterocycles. The molecule has 16 heavy (non-hydrogen) atoms. The van der Waals surface area contributed by atoms with E-state index in [2.05, 4.69) is 26.1 Å². The Morgan fingerprint density at radius 3 is 2.94 bits per heavy atom. The van der Waals surface area contributed by atoms with E-state index in [9.17, 15) is 0 Å². The summed E-state index contributed by atoms with van der Waals surface area (Å²) in [6.45, 7) is 0. The normalized spacial score (nSPS) is 10.6. The first-order valence-electron chi connectivity index (χ1n) is 4.57. The predicted octanol–water partition coefficient (Wildman–Crippen LogP) is 2.94. The average molecular weight is 300 g/mol. The van der Waals surface area contributed by atoms with Crippen LogP contribution in [0.3, 0.4) is 0 Å². The third-order valence-electron chi connectivity index (χ3n) is 1.91. The van der Waals surface area contributed by atoms with Crippen LogP contribution in [-0.4, -0.2) is 16.4 Å². The van der Waals surface area contributed by atoms with Crippen LogP contribution in [0, 0.1) is 0 Å². The molecule has 2 N–H and O–H groups in total. The van der Waals surface area contributed by atoms with E-state index >= 15 is 0 Å². The van der Waals surface area contributed by atoms with Crippen molar-refractivity contribution < 1.29 is 4.52 Å². The van der Waals surface area contributed by atoms with Gasteiger partial charge in [0.1, 0.15) is 0 Å². The first-order valence-corrected chi connectivity index (χ1v) is 6.75. The van der Waals surface area contributed by atoms with Crippen LogP contribution in [0.4, 0.5) is 5.69 Å². The van der Waals surface area contributed by atoms with Crippen LogP contribution in [0.15, 0.2) is 27.2 Å². The molecule has 0 fully saturated rings. The highest BCUT2D eigenvalue weighted by atomic mass is 79.9. The second kappa shape index (κ2) is 4.88. The molecule has 0 aliphatic heterocycles. The number of aromatic nitrogens is 2. The van der Waals surface area contributed by atoms with Gasteiger partial charge in [-0.2, -0.15) is 16.7 Å². The van der Waals surface area contributed by atoms with Crippen LogP contribution in [0.2, 0.25) is 0 Å². The Labute approximate surface area is 106 Å². The van der Waals surface area contributed by atoms with Crippen LogP contribution in [0.1, 0.15) is 5.82 Å². The Bertz CT molecular complexity index is 480. The molecule has 0 saturated carbocycles. The van der Waals surface area contributed by atoms with Gasteiger partial charge in [0.15, 0.2) is 5.82 Å². The third-order valence-corrected chi connectivity index (χ3v) is 2.91. The zero-order valence-corrected chi connectivity index (χ0v) is 11.0. The van der Waals surface area contributed by atoms with E-state index in [4.69, 9.17) is 10.3 Å². The first-order chi connectivity index (χ1) is 7.69.